The van der Waals surface area contributed by atoms with Crippen molar-refractivity contribution in [3.8, 4) is 11.5 Å². The molecule has 3 heterocycles. The van der Waals surface area contributed by atoms with E-state index in [2.05, 4.69) is 15.6 Å². The summed E-state index contributed by atoms with van der Waals surface area (Å²) in [7, 11) is 0. The van der Waals surface area contributed by atoms with E-state index < -0.39 is 0 Å². The van der Waals surface area contributed by atoms with Gasteiger partial charge in [-0.05, 0) is 24.3 Å². The Balaban J connectivity index is 1.55. The Morgan fingerprint density at radius 3 is 2.88 bits per heavy atom. The van der Waals surface area contributed by atoms with Gasteiger partial charge in [-0.15, -0.1) is 11.3 Å². The van der Waals surface area contributed by atoms with Crippen LogP contribution in [0.3, 0.4) is 0 Å². The zero-order valence-corrected chi connectivity index (χ0v) is 14.4. The van der Waals surface area contributed by atoms with E-state index in [0.29, 0.717) is 41.7 Å². The highest BCUT2D eigenvalue weighted by Crippen LogP contribution is 2.26. The lowest BCUT2D eigenvalue weighted by molar-refractivity contribution is -0.119. The van der Waals surface area contributed by atoms with Crippen LogP contribution in [0.4, 0.5) is 5.13 Å². The molecular weight excluding hydrogens is 342 g/mol. The number of furan rings is 2. The third-order valence-electron chi connectivity index (χ3n) is 3.35. The Hall–Kier alpha value is -2.87. The molecule has 0 aliphatic heterocycles. The number of aromatic nitrogens is 1. The molecular formula is C17H17N3O4S. The van der Waals surface area contributed by atoms with Crippen LogP contribution in [-0.4, -0.2) is 16.8 Å². The minimum Gasteiger partial charge on any atom is -0.469 e. The maximum Gasteiger partial charge on any atom is 0.226 e. The molecule has 0 aromatic carbocycles. The van der Waals surface area contributed by atoms with Crippen molar-refractivity contribution in [2.24, 2.45) is 0 Å². The molecule has 3 aromatic rings. The van der Waals surface area contributed by atoms with Crippen LogP contribution in [0, 0.1) is 0 Å². The molecule has 0 aliphatic carbocycles. The fraction of sp³-hybridized carbons (Fsp3) is 0.235. The largest absolute Gasteiger partial charge is 0.469 e. The summed E-state index contributed by atoms with van der Waals surface area (Å²) in [6, 6.07) is 7.20. The minimum absolute atomic E-state index is 0.119. The minimum atomic E-state index is -0.122. The lowest BCUT2D eigenvalue weighted by Crippen LogP contribution is -2.18. The van der Waals surface area contributed by atoms with Crippen LogP contribution in [0.1, 0.15) is 24.9 Å². The zero-order chi connectivity index (χ0) is 17.6. The van der Waals surface area contributed by atoms with Gasteiger partial charge in [-0.3, -0.25) is 9.59 Å². The zero-order valence-electron chi connectivity index (χ0n) is 13.6. The summed E-state index contributed by atoms with van der Waals surface area (Å²) in [6.45, 7) is 1.78. The molecule has 0 fully saturated rings. The summed E-state index contributed by atoms with van der Waals surface area (Å²) in [4.78, 5) is 27.2. The van der Waals surface area contributed by atoms with Crippen LogP contribution in [0.25, 0.3) is 11.5 Å². The quantitative estimate of drug-likeness (QED) is 0.675. The molecule has 0 saturated carbocycles. The van der Waals surface area contributed by atoms with E-state index in [9.17, 15) is 9.59 Å². The third kappa shape index (κ3) is 4.80. The highest BCUT2D eigenvalue weighted by Gasteiger charge is 2.12. The molecule has 7 nitrogen and oxygen atoms in total. The number of nitrogens with zero attached hydrogens (tertiary/aromatic N) is 1. The van der Waals surface area contributed by atoms with E-state index in [-0.39, 0.29) is 11.8 Å². The second-order valence-corrected chi connectivity index (χ2v) is 6.20. The number of thiazole rings is 1. The Kier molecular flexibility index (Phi) is 5.30. The summed E-state index contributed by atoms with van der Waals surface area (Å²) < 4.78 is 10.8. The van der Waals surface area contributed by atoms with E-state index in [1.54, 1.807) is 24.5 Å². The van der Waals surface area contributed by atoms with Gasteiger partial charge in [0.05, 0.1) is 12.8 Å². The van der Waals surface area contributed by atoms with Crippen molar-refractivity contribution >= 4 is 28.3 Å². The maximum absolute atomic E-state index is 12.0. The smallest absolute Gasteiger partial charge is 0.226 e. The Labute approximate surface area is 148 Å². The van der Waals surface area contributed by atoms with Crippen molar-refractivity contribution in [1.29, 1.82) is 0 Å². The van der Waals surface area contributed by atoms with Crippen molar-refractivity contribution in [2.75, 3.05) is 5.32 Å². The van der Waals surface area contributed by atoms with Gasteiger partial charge in [0, 0.05) is 25.1 Å². The second kappa shape index (κ2) is 7.80. The summed E-state index contributed by atoms with van der Waals surface area (Å²) >= 11 is 1.33. The summed E-state index contributed by atoms with van der Waals surface area (Å²) in [6.07, 6.45) is 2.45. The topological polar surface area (TPSA) is 97.4 Å². The fourth-order valence-electron chi connectivity index (χ4n) is 2.14. The first-order valence-electron chi connectivity index (χ1n) is 7.71. The molecule has 0 unspecified atom stereocenters. The first kappa shape index (κ1) is 17.0. The fourth-order valence-corrected chi connectivity index (χ4v) is 2.86. The van der Waals surface area contributed by atoms with Crippen molar-refractivity contribution in [3.05, 3.63) is 47.4 Å². The lowest BCUT2D eigenvalue weighted by Gasteiger charge is -2.00. The van der Waals surface area contributed by atoms with Gasteiger partial charge in [0.15, 0.2) is 10.9 Å². The molecule has 2 N–H and O–H groups in total. The maximum atomic E-state index is 12.0. The van der Waals surface area contributed by atoms with E-state index in [0.717, 1.165) is 5.76 Å². The van der Waals surface area contributed by atoms with Gasteiger partial charge in [-0.25, -0.2) is 4.98 Å². The number of hydrogen-bond donors (Lipinski definition) is 2. The van der Waals surface area contributed by atoms with E-state index in [4.69, 9.17) is 8.83 Å². The molecule has 2 amide bonds. The molecule has 3 rings (SSSR count). The average molecular weight is 359 g/mol. The van der Waals surface area contributed by atoms with Gasteiger partial charge in [0.1, 0.15) is 17.2 Å². The van der Waals surface area contributed by atoms with Gasteiger partial charge in [-0.2, -0.15) is 0 Å². The van der Waals surface area contributed by atoms with Gasteiger partial charge in [0.2, 0.25) is 11.8 Å². The predicted octanol–water partition coefficient (Wildman–Crippen LogP) is 3.20. The highest BCUT2D eigenvalue weighted by molar-refractivity contribution is 7.14. The van der Waals surface area contributed by atoms with Crippen LogP contribution >= 0.6 is 11.3 Å². The molecule has 0 aliphatic rings. The number of anilines is 1. The summed E-state index contributed by atoms with van der Waals surface area (Å²) in [5.74, 6) is 1.77. The SMILES string of the molecule is CC(=O)NCc1ccc(-c2csc(NC(=O)CCc3ccco3)n2)o1. The Morgan fingerprint density at radius 2 is 2.12 bits per heavy atom. The number of hydrogen-bond acceptors (Lipinski definition) is 6. The first-order chi connectivity index (χ1) is 12.1. The number of carbonyl (C=O) groups is 2. The molecule has 0 bridgehead atoms. The summed E-state index contributed by atoms with van der Waals surface area (Å²) in [5.41, 5.74) is 0.639. The molecule has 0 spiro atoms. The number of rotatable bonds is 7. The van der Waals surface area contributed by atoms with E-state index >= 15 is 0 Å². The van der Waals surface area contributed by atoms with Crippen LogP contribution in [0.15, 0.2) is 44.7 Å². The predicted molar refractivity (Wildman–Crippen MR) is 93.0 cm³/mol. The van der Waals surface area contributed by atoms with Crippen LogP contribution in [-0.2, 0) is 22.6 Å². The van der Waals surface area contributed by atoms with Crippen molar-refractivity contribution in [3.63, 3.8) is 0 Å². The monoisotopic (exact) mass is 359 g/mol. The molecule has 0 atom stereocenters. The number of amides is 2. The Bertz CT molecular complexity index is 851. The van der Waals surface area contributed by atoms with Crippen molar-refractivity contribution < 1.29 is 18.4 Å². The molecule has 25 heavy (non-hydrogen) atoms. The molecule has 3 aromatic heterocycles. The highest BCUT2D eigenvalue weighted by atomic mass is 32.1. The van der Waals surface area contributed by atoms with Gasteiger partial charge in [0.25, 0.3) is 0 Å². The van der Waals surface area contributed by atoms with E-state index in [1.165, 1.54) is 18.3 Å². The molecule has 0 saturated heterocycles. The molecule has 8 heteroatoms. The summed E-state index contributed by atoms with van der Waals surface area (Å²) in [5, 5.41) is 7.76. The normalized spacial score (nSPS) is 10.6. The molecule has 0 radical (unpaired) electrons. The van der Waals surface area contributed by atoms with E-state index in [1.807, 2.05) is 11.4 Å². The standard InChI is InChI=1S/C17H17N3O4S/c1-11(21)18-9-13-4-6-15(24-13)14-10-25-17(19-14)20-16(22)7-5-12-3-2-8-23-12/h2-4,6,8,10H,5,7,9H2,1H3,(H,18,21)(H,19,20,22). The average Bonchev–Trinajstić information content (AvgIpc) is 3.32. The van der Waals surface area contributed by atoms with Gasteiger partial charge >= 0.3 is 0 Å². The lowest BCUT2D eigenvalue weighted by atomic mass is 10.2. The number of aryl methyl sites for hydroxylation is 1. The van der Waals surface area contributed by atoms with Gasteiger partial charge < -0.3 is 19.5 Å². The van der Waals surface area contributed by atoms with Crippen LogP contribution in [0.2, 0.25) is 0 Å². The van der Waals surface area contributed by atoms with Crippen molar-refractivity contribution in [1.82, 2.24) is 10.3 Å². The third-order valence-corrected chi connectivity index (χ3v) is 4.11. The number of nitrogens with one attached hydrogen (secondary N) is 2. The first-order valence-corrected chi connectivity index (χ1v) is 8.59. The van der Waals surface area contributed by atoms with Crippen LogP contribution < -0.4 is 10.6 Å². The van der Waals surface area contributed by atoms with Crippen LogP contribution in [0.5, 0.6) is 0 Å². The Morgan fingerprint density at radius 1 is 1.24 bits per heavy atom. The number of carbonyl (C=O) groups excluding carboxylic acids is 2. The van der Waals surface area contributed by atoms with Gasteiger partial charge in [-0.1, -0.05) is 0 Å². The molecule has 130 valence electrons. The second-order valence-electron chi connectivity index (χ2n) is 5.34. The van der Waals surface area contributed by atoms with Crippen molar-refractivity contribution in [2.45, 2.75) is 26.3 Å².